The van der Waals surface area contributed by atoms with Crippen LogP contribution < -0.4 is 9.62 Å². The lowest BCUT2D eigenvalue weighted by atomic mass is 10.1. The fraction of sp³-hybridized carbons (Fsp3) is 0.412. The summed E-state index contributed by atoms with van der Waals surface area (Å²) in [6, 6.07) is 5.11. The van der Waals surface area contributed by atoms with E-state index in [1.807, 2.05) is 0 Å². The van der Waals surface area contributed by atoms with Crippen molar-refractivity contribution in [3.05, 3.63) is 47.9 Å². The highest BCUT2D eigenvalue weighted by Crippen LogP contribution is 2.29. The molecule has 0 atom stereocenters. The number of hydrogen-bond donors (Lipinski definition) is 1. The maximum Gasteiger partial charge on any atom is 0.416 e. The average molecular weight is 400 g/mol. The molecule has 1 aromatic carbocycles. The van der Waals surface area contributed by atoms with Gasteiger partial charge in [0.1, 0.15) is 11.6 Å². The zero-order chi connectivity index (χ0) is 19.5. The van der Waals surface area contributed by atoms with Crippen LogP contribution in [0.25, 0.3) is 0 Å². The van der Waals surface area contributed by atoms with Crippen molar-refractivity contribution < 1.29 is 21.6 Å². The smallest absolute Gasteiger partial charge is 0.357 e. The van der Waals surface area contributed by atoms with Crippen LogP contribution >= 0.6 is 0 Å². The molecule has 0 radical (unpaired) electrons. The zero-order valence-electron chi connectivity index (χ0n) is 14.4. The van der Waals surface area contributed by atoms with Gasteiger partial charge in [-0.1, -0.05) is 0 Å². The second-order valence-corrected chi connectivity index (χ2v) is 7.99. The van der Waals surface area contributed by atoms with Gasteiger partial charge in [-0.15, -0.1) is 0 Å². The summed E-state index contributed by atoms with van der Waals surface area (Å²) in [5, 5.41) is 0. The third-order valence-corrected chi connectivity index (χ3v) is 5.70. The Balaban J connectivity index is 1.68. The number of hydrogen-bond acceptors (Lipinski definition) is 5. The highest BCUT2D eigenvalue weighted by atomic mass is 32.2. The first-order valence-corrected chi connectivity index (χ1v) is 9.98. The molecule has 0 amide bonds. The van der Waals surface area contributed by atoms with E-state index in [1.54, 1.807) is 12.3 Å². The molecule has 6 nitrogen and oxygen atoms in total. The van der Waals surface area contributed by atoms with E-state index in [0.717, 1.165) is 56.0 Å². The lowest BCUT2D eigenvalue weighted by Crippen LogP contribution is -2.31. The van der Waals surface area contributed by atoms with Gasteiger partial charge in [-0.3, -0.25) is 0 Å². The average Bonchev–Trinajstić information content (AvgIpc) is 2.67. The molecule has 2 aromatic rings. The van der Waals surface area contributed by atoms with Crippen LogP contribution in [0.4, 0.5) is 19.0 Å². The molecule has 27 heavy (non-hydrogen) atoms. The minimum Gasteiger partial charge on any atom is -0.357 e. The van der Waals surface area contributed by atoms with Gasteiger partial charge >= 0.3 is 6.18 Å². The number of nitrogens with zero attached hydrogens (tertiary/aromatic N) is 3. The van der Waals surface area contributed by atoms with Crippen molar-refractivity contribution in [2.45, 2.75) is 36.9 Å². The van der Waals surface area contributed by atoms with Gasteiger partial charge in [0, 0.05) is 19.3 Å². The second kappa shape index (κ2) is 7.81. The van der Waals surface area contributed by atoms with Gasteiger partial charge in [0.25, 0.3) is 0 Å². The van der Waals surface area contributed by atoms with Crippen LogP contribution in [-0.4, -0.2) is 31.5 Å². The molecule has 2 heterocycles. The summed E-state index contributed by atoms with van der Waals surface area (Å²) in [5.74, 6) is 1.04. The van der Waals surface area contributed by atoms with Crippen LogP contribution in [0.15, 0.2) is 41.4 Å². The van der Waals surface area contributed by atoms with Gasteiger partial charge < -0.3 is 4.90 Å². The first kappa shape index (κ1) is 19.6. The van der Waals surface area contributed by atoms with Crippen molar-refractivity contribution in [1.29, 1.82) is 0 Å². The first-order chi connectivity index (χ1) is 12.8. The molecule has 146 valence electrons. The van der Waals surface area contributed by atoms with Crippen LogP contribution in [0.3, 0.4) is 0 Å². The predicted molar refractivity (Wildman–Crippen MR) is 93.6 cm³/mol. The lowest BCUT2D eigenvalue weighted by Gasteiger charge is -2.27. The van der Waals surface area contributed by atoms with Gasteiger partial charge in [-0.25, -0.2) is 23.1 Å². The lowest BCUT2D eigenvalue weighted by molar-refractivity contribution is -0.137. The minimum atomic E-state index is -4.52. The molecule has 10 heteroatoms. The summed E-state index contributed by atoms with van der Waals surface area (Å²) in [6.07, 6.45) is 0.401. The number of alkyl halides is 3. The highest BCUT2D eigenvalue weighted by molar-refractivity contribution is 7.89. The monoisotopic (exact) mass is 400 g/mol. The van der Waals surface area contributed by atoms with Crippen LogP contribution in [-0.2, 0) is 22.7 Å². The first-order valence-electron chi connectivity index (χ1n) is 8.49. The van der Waals surface area contributed by atoms with Gasteiger partial charge in [0.15, 0.2) is 0 Å². The van der Waals surface area contributed by atoms with Gasteiger partial charge in [0.05, 0.1) is 17.0 Å². The number of piperidine rings is 1. The van der Waals surface area contributed by atoms with E-state index in [0.29, 0.717) is 5.82 Å². The normalized spacial score (nSPS) is 15.7. The van der Waals surface area contributed by atoms with Gasteiger partial charge in [0.2, 0.25) is 10.0 Å². The maximum atomic E-state index is 12.6. The predicted octanol–water partition coefficient (Wildman–Crippen LogP) is 2.96. The number of benzene rings is 1. The van der Waals surface area contributed by atoms with E-state index in [-0.39, 0.29) is 11.4 Å². The molecule has 0 spiro atoms. The Kier molecular flexibility index (Phi) is 5.66. The topological polar surface area (TPSA) is 75.2 Å². The van der Waals surface area contributed by atoms with Crippen LogP contribution in [0.2, 0.25) is 0 Å². The summed E-state index contributed by atoms with van der Waals surface area (Å²) in [6.45, 7) is 1.65. The number of sulfonamides is 1. The summed E-state index contributed by atoms with van der Waals surface area (Å²) in [5.41, 5.74) is -0.904. The van der Waals surface area contributed by atoms with E-state index in [9.17, 15) is 21.6 Å². The summed E-state index contributed by atoms with van der Waals surface area (Å²) in [7, 11) is -3.97. The fourth-order valence-electron chi connectivity index (χ4n) is 2.84. The molecular formula is C17H19F3N4O2S. The Labute approximate surface area is 155 Å². The molecule has 0 saturated carbocycles. The van der Waals surface area contributed by atoms with Crippen molar-refractivity contribution in [2.24, 2.45) is 0 Å². The second-order valence-electron chi connectivity index (χ2n) is 6.23. The molecule has 1 fully saturated rings. The summed E-state index contributed by atoms with van der Waals surface area (Å²) in [4.78, 5) is 10.3. The Morgan fingerprint density at radius 2 is 1.70 bits per heavy atom. The molecule has 1 aromatic heterocycles. The molecule has 0 aliphatic carbocycles. The molecule has 1 aliphatic rings. The highest BCUT2D eigenvalue weighted by Gasteiger charge is 2.30. The van der Waals surface area contributed by atoms with E-state index in [2.05, 4.69) is 19.6 Å². The Morgan fingerprint density at radius 1 is 1.04 bits per heavy atom. The molecule has 1 aliphatic heterocycles. The largest absolute Gasteiger partial charge is 0.416 e. The molecule has 1 N–H and O–H groups in total. The molecule has 1 saturated heterocycles. The number of halogens is 3. The fourth-order valence-corrected chi connectivity index (χ4v) is 3.82. The van der Waals surface area contributed by atoms with Crippen LogP contribution in [0.5, 0.6) is 0 Å². The van der Waals surface area contributed by atoms with Crippen molar-refractivity contribution in [3.63, 3.8) is 0 Å². The van der Waals surface area contributed by atoms with Crippen molar-refractivity contribution in [2.75, 3.05) is 18.0 Å². The molecule has 3 rings (SSSR count). The maximum absolute atomic E-state index is 12.6. The van der Waals surface area contributed by atoms with E-state index in [1.165, 1.54) is 6.42 Å². The zero-order valence-corrected chi connectivity index (χ0v) is 15.2. The number of nitrogens with one attached hydrogen (secondary N) is 1. The van der Waals surface area contributed by atoms with Crippen LogP contribution in [0.1, 0.15) is 30.7 Å². The number of rotatable bonds is 5. The molecule has 0 unspecified atom stereocenters. The minimum absolute atomic E-state index is 0.148. The number of anilines is 1. The Bertz CT molecular complexity index is 880. The summed E-state index contributed by atoms with van der Waals surface area (Å²) >= 11 is 0. The van der Waals surface area contributed by atoms with E-state index >= 15 is 0 Å². The standard InChI is InChI=1S/C17H19F3N4O2S/c18-17(19,20)13-4-6-14(7-5-13)27(25,26)22-12-15-21-9-8-16(23-15)24-10-2-1-3-11-24/h4-9,22H,1-3,10-12H2. The van der Waals surface area contributed by atoms with Gasteiger partial charge in [-0.2, -0.15) is 13.2 Å². The third kappa shape index (κ3) is 4.95. The van der Waals surface area contributed by atoms with Gasteiger partial charge in [-0.05, 0) is 49.6 Å². The van der Waals surface area contributed by atoms with E-state index in [4.69, 9.17) is 0 Å². The third-order valence-electron chi connectivity index (χ3n) is 4.28. The molecule has 0 bridgehead atoms. The van der Waals surface area contributed by atoms with E-state index < -0.39 is 21.8 Å². The quantitative estimate of drug-likeness (QED) is 0.835. The van der Waals surface area contributed by atoms with Crippen molar-refractivity contribution in [3.8, 4) is 0 Å². The van der Waals surface area contributed by atoms with Crippen molar-refractivity contribution >= 4 is 15.8 Å². The summed E-state index contributed by atoms with van der Waals surface area (Å²) < 4.78 is 64.7. The van der Waals surface area contributed by atoms with Crippen LogP contribution in [0, 0.1) is 0 Å². The molecular weight excluding hydrogens is 381 g/mol. The van der Waals surface area contributed by atoms with Crippen molar-refractivity contribution in [1.82, 2.24) is 14.7 Å². The SMILES string of the molecule is O=S(=O)(NCc1nccc(N2CCCCC2)n1)c1ccc(C(F)(F)F)cc1. The number of aromatic nitrogens is 2. The Morgan fingerprint density at radius 3 is 2.33 bits per heavy atom. The Hall–Kier alpha value is -2.20.